The minimum atomic E-state index is -0.187. The zero-order chi connectivity index (χ0) is 15.4. The molecule has 0 aliphatic carbocycles. The zero-order valence-electron chi connectivity index (χ0n) is 13.1. The number of amides is 1. The van der Waals surface area contributed by atoms with Crippen LogP contribution >= 0.6 is 0 Å². The third-order valence-electron chi connectivity index (χ3n) is 3.95. The van der Waals surface area contributed by atoms with E-state index in [9.17, 15) is 4.79 Å². The molecule has 1 aliphatic heterocycles. The number of hydrogen-bond donors (Lipinski definition) is 2. The summed E-state index contributed by atoms with van der Waals surface area (Å²) >= 11 is 0. The van der Waals surface area contributed by atoms with E-state index < -0.39 is 0 Å². The Morgan fingerprint density at radius 3 is 2.81 bits per heavy atom. The van der Waals surface area contributed by atoms with Crippen molar-refractivity contribution in [1.82, 2.24) is 10.6 Å². The Labute approximate surface area is 126 Å². The summed E-state index contributed by atoms with van der Waals surface area (Å²) in [6, 6.07) is 5.69. The standard InChI is InChI=1S/C16H24N2O3/c1-10-5-6-15(21-4)13(7-10)11(2)18-16(19)14-8-12(20-3)9-17-14/h5-7,11-12,14,17H,8-9H2,1-4H3,(H,18,19). The van der Waals surface area contributed by atoms with Gasteiger partial charge >= 0.3 is 0 Å². The fourth-order valence-electron chi connectivity index (χ4n) is 2.67. The normalized spacial score (nSPS) is 22.9. The Bertz CT molecular complexity index is 504. The minimum Gasteiger partial charge on any atom is -0.496 e. The molecule has 0 radical (unpaired) electrons. The molecule has 0 aromatic heterocycles. The summed E-state index contributed by atoms with van der Waals surface area (Å²) in [6.07, 6.45) is 0.824. The van der Waals surface area contributed by atoms with Crippen LogP contribution in [-0.4, -0.2) is 38.8 Å². The van der Waals surface area contributed by atoms with Gasteiger partial charge in [-0.05, 0) is 26.3 Å². The van der Waals surface area contributed by atoms with E-state index in [1.54, 1.807) is 14.2 Å². The molecule has 21 heavy (non-hydrogen) atoms. The highest BCUT2D eigenvalue weighted by Crippen LogP contribution is 2.26. The molecule has 116 valence electrons. The number of methoxy groups -OCH3 is 2. The van der Waals surface area contributed by atoms with Crippen molar-refractivity contribution in [1.29, 1.82) is 0 Å². The predicted molar refractivity (Wildman–Crippen MR) is 81.5 cm³/mol. The second-order valence-electron chi connectivity index (χ2n) is 5.53. The van der Waals surface area contributed by atoms with Crippen LogP contribution in [0, 0.1) is 6.92 Å². The summed E-state index contributed by atoms with van der Waals surface area (Å²) < 4.78 is 10.6. The molecule has 2 N–H and O–H groups in total. The molecule has 1 aromatic carbocycles. The lowest BCUT2D eigenvalue weighted by Gasteiger charge is -2.20. The topological polar surface area (TPSA) is 59.6 Å². The molecule has 1 saturated heterocycles. The molecule has 0 saturated carbocycles. The van der Waals surface area contributed by atoms with Gasteiger partial charge in [0, 0.05) is 19.2 Å². The molecule has 1 heterocycles. The molecule has 5 heteroatoms. The number of ether oxygens (including phenoxy) is 2. The molecule has 5 nitrogen and oxygen atoms in total. The average Bonchev–Trinajstić information content (AvgIpc) is 2.96. The van der Waals surface area contributed by atoms with Gasteiger partial charge in [0.05, 0.1) is 25.3 Å². The Kier molecular flexibility index (Phi) is 5.20. The van der Waals surface area contributed by atoms with Crippen molar-refractivity contribution < 1.29 is 14.3 Å². The van der Waals surface area contributed by atoms with Gasteiger partial charge in [-0.2, -0.15) is 0 Å². The largest absolute Gasteiger partial charge is 0.496 e. The number of rotatable bonds is 5. The van der Waals surface area contributed by atoms with Gasteiger partial charge in [-0.25, -0.2) is 0 Å². The highest BCUT2D eigenvalue weighted by Gasteiger charge is 2.30. The van der Waals surface area contributed by atoms with Gasteiger partial charge in [-0.3, -0.25) is 4.79 Å². The van der Waals surface area contributed by atoms with Crippen LogP contribution in [0.4, 0.5) is 0 Å². The van der Waals surface area contributed by atoms with E-state index in [1.807, 2.05) is 32.0 Å². The first-order chi connectivity index (χ1) is 10.0. The maximum absolute atomic E-state index is 12.3. The molecule has 3 atom stereocenters. The van der Waals surface area contributed by atoms with Crippen LogP contribution in [0.1, 0.15) is 30.5 Å². The maximum Gasteiger partial charge on any atom is 0.237 e. The fourth-order valence-corrected chi connectivity index (χ4v) is 2.67. The third kappa shape index (κ3) is 3.74. The van der Waals surface area contributed by atoms with Crippen molar-refractivity contribution in [3.05, 3.63) is 29.3 Å². The molecule has 1 aromatic rings. The van der Waals surface area contributed by atoms with Crippen molar-refractivity contribution in [3.8, 4) is 5.75 Å². The van der Waals surface area contributed by atoms with E-state index >= 15 is 0 Å². The summed E-state index contributed by atoms with van der Waals surface area (Å²) in [5.74, 6) is 0.799. The number of aryl methyl sites for hydroxylation is 1. The second kappa shape index (κ2) is 6.91. The van der Waals surface area contributed by atoms with Crippen LogP contribution in [0.15, 0.2) is 18.2 Å². The number of benzene rings is 1. The van der Waals surface area contributed by atoms with Crippen LogP contribution in [-0.2, 0) is 9.53 Å². The maximum atomic E-state index is 12.3. The Morgan fingerprint density at radius 1 is 1.43 bits per heavy atom. The number of nitrogens with one attached hydrogen (secondary N) is 2. The lowest BCUT2D eigenvalue weighted by molar-refractivity contribution is -0.123. The highest BCUT2D eigenvalue weighted by atomic mass is 16.5. The van der Waals surface area contributed by atoms with Crippen molar-refractivity contribution >= 4 is 5.91 Å². The molecule has 1 fully saturated rings. The summed E-state index contributed by atoms with van der Waals surface area (Å²) in [7, 11) is 3.32. The summed E-state index contributed by atoms with van der Waals surface area (Å²) in [6.45, 7) is 4.72. The van der Waals surface area contributed by atoms with E-state index in [1.165, 1.54) is 0 Å². The first-order valence-electron chi connectivity index (χ1n) is 7.26. The van der Waals surface area contributed by atoms with E-state index in [-0.39, 0.29) is 24.1 Å². The molecule has 1 aliphatic rings. The predicted octanol–water partition coefficient (Wildman–Crippen LogP) is 1.56. The second-order valence-corrected chi connectivity index (χ2v) is 5.53. The molecule has 3 unspecified atom stereocenters. The molecule has 0 spiro atoms. The number of carbonyl (C=O) groups is 1. The molecule has 2 rings (SSSR count). The SMILES string of the molecule is COc1ccc(C)cc1C(C)NC(=O)C1CC(OC)CN1. The van der Waals surface area contributed by atoms with Gasteiger partial charge in [0.25, 0.3) is 0 Å². The van der Waals surface area contributed by atoms with E-state index in [0.717, 1.165) is 23.4 Å². The first kappa shape index (κ1) is 15.8. The monoisotopic (exact) mass is 292 g/mol. The zero-order valence-corrected chi connectivity index (χ0v) is 13.1. The van der Waals surface area contributed by atoms with Gasteiger partial charge < -0.3 is 20.1 Å². The Balaban J connectivity index is 2.02. The summed E-state index contributed by atoms with van der Waals surface area (Å²) in [4.78, 5) is 12.3. The van der Waals surface area contributed by atoms with E-state index in [4.69, 9.17) is 9.47 Å². The third-order valence-corrected chi connectivity index (χ3v) is 3.95. The van der Waals surface area contributed by atoms with Crippen LogP contribution in [0.25, 0.3) is 0 Å². The molecular weight excluding hydrogens is 268 g/mol. The quantitative estimate of drug-likeness (QED) is 0.864. The molecular formula is C16H24N2O3. The summed E-state index contributed by atoms with van der Waals surface area (Å²) in [5.41, 5.74) is 2.14. The van der Waals surface area contributed by atoms with E-state index in [2.05, 4.69) is 10.6 Å². The molecule has 0 bridgehead atoms. The van der Waals surface area contributed by atoms with Gasteiger partial charge in [0.1, 0.15) is 5.75 Å². The number of carbonyl (C=O) groups excluding carboxylic acids is 1. The average molecular weight is 292 g/mol. The minimum absolute atomic E-state index is 0.00519. The Hall–Kier alpha value is -1.59. The number of hydrogen-bond acceptors (Lipinski definition) is 4. The van der Waals surface area contributed by atoms with Crippen LogP contribution in [0.5, 0.6) is 5.75 Å². The van der Waals surface area contributed by atoms with Crippen LogP contribution in [0.2, 0.25) is 0 Å². The van der Waals surface area contributed by atoms with Crippen LogP contribution < -0.4 is 15.4 Å². The van der Waals surface area contributed by atoms with Crippen LogP contribution in [0.3, 0.4) is 0 Å². The van der Waals surface area contributed by atoms with Gasteiger partial charge in [-0.1, -0.05) is 17.7 Å². The molecule has 1 amide bonds. The van der Waals surface area contributed by atoms with Crippen molar-refractivity contribution in [2.45, 2.75) is 38.5 Å². The van der Waals surface area contributed by atoms with Gasteiger partial charge in [0.2, 0.25) is 5.91 Å². The van der Waals surface area contributed by atoms with Gasteiger partial charge in [0.15, 0.2) is 0 Å². The highest BCUT2D eigenvalue weighted by molar-refractivity contribution is 5.82. The van der Waals surface area contributed by atoms with Crippen molar-refractivity contribution in [2.24, 2.45) is 0 Å². The first-order valence-corrected chi connectivity index (χ1v) is 7.26. The van der Waals surface area contributed by atoms with Crippen molar-refractivity contribution in [2.75, 3.05) is 20.8 Å². The Morgan fingerprint density at radius 2 is 2.19 bits per heavy atom. The lowest BCUT2D eigenvalue weighted by atomic mass is 10.0. The summed E-state index contributed by atoms with van der Waals surface area (Å²) in [5, 5.41) is 6.23. The van der Waals surface area contributed by atoms with Gasteiger partial charge in [-0.15, -0.1) is 0 Å². The fraction of sp³-hybridized carbons (Fsp3) is 0.562. The smallest absolute Gasteiger partial charge is 0.237 e. The van der Waals surface area contributed by atoms with E-state index in [0.29, 0.717) is 6.42 Å². The lowest BCUT2D eigenvalue weighted by Crippen LogP contribution is -2.41. The van der Waals surface area contributed by atoms with Crippen molar-refractivity contribution in [3.63, 3.8) is 0 Å².